The molecule has 1 aliphatic heterocycles. The summed E-state index contributed by atoms with van der Waals surface area (Å²) in [4.78, 5) is 2.50. The monoisotopic (exact) mass is 262 g/mol. The van der Waals surface area contributed by atoms with E-state index in [1.165, 1.54) is 18.4 Å². The zero-order valence-corrected chi connectivity index (χ0v) is 11.4. The van der Waals surface area contributed by atoms with Gasteiger partial charge in [0.15, 0.2) is 0 Å². The molecule has 2 nitrogen and oxygen atoms in total. The predicted molar refractivity (Wildman–Crippen MR) is 77.8 cm³/mol. The Hall–Kier alpha value is -1.19. The SMILES string of the molecule is C=CCNC1CCN(CCc2ccc(F)cc2)CC1. The van der Waals surface area contributed by atoms with Crippen LogP contribution in [0.15, 0.2) is 36.9 Å². The van der Waals surface area contributed by atoms with Crippen LogP contribution < -0.4 is 5.32 Å². The molecule has 19 heavy (non-hydrogen) atoms. The number of halogens is 1. The van der Waals surface area contributed by atoms with E-state index in [-0.39, 0.29) is 5.82 Å². The average molecular weight is 262 g/mol. The fourth-order valence-electron chi connectivity index (χ4n) is 2.55. The summed E-state index contributed by atoms with van der Waals surface area (Å²) >= 11 is 0. The minimum atomic E-state index is -0.155. The highest BCUT2D eigenvalue weighted by Crippen LogP contribution is 2.11. The Morgan fingerprint density at radius 3 is 2.58 bits per heavy atom. The van der Waals surface area contributed by atoms with Gasteiger partial charge >= 0.3 is 0 Å². The number of benzene rings is 1. The summed E-state index contributed by atoms with van der Waals surface area (Å²) in [6.07, 6.45) is 5.33. The first-order chi connectivity index (χ1) is 9.28. The molecule has 1 saturated heterocycles. The Labute approximate surface area is 115 Å². The first-order valence-electron chi connectivity index (χ1n) is 7.09. The molecule has 0 spiro atoms. The van der Waals surface area contributed by atoms with Crippen molar-refractivity contribution in [2.75, 3.05) is 26.2 Å². The van der Waals surface area contributed by atoms with Gasteiger partial charge in [-0.1, -0.05) is 18.2 Å². The fourth-order valence-corrected chi connectivity index (χ4v) is 2.55. The van der Waals surface area contributed by atoms with E-state index in [1.807, 2.05) is 18.2 Å². The standard InChI is InChI=1S/C16H23FN2/c1-2-10-18-16-8-12-19(13-9-16)11-7-14-3-5-15(17)6-4-14/h2-6,16,18H,1,7-13H2. The van der Waals surface area contributed by atoms with Crippen molar-refractivity contribution in [2.24, 2.45) is 0 Å². The molecule has 0 bridgehead atoms. The number of hydrogen-bond acceptors (Lipinski definition) is 2. The molecular weight excluding hydrogens is 239 g/mol. The maximum absolute atomic E-state index is 12.8. The minimum absolute atomic E-state index is 0.155. The fraction of sp³-hybridized carbons (Fsp3) is 0.500. The second-order valence-electron chi connectivity index (χ2n) is 5.19. The van der Waals surface area contributed by atoms with E-state index >= 15 is 0 Å². The number of nitrogens with zero attached hydrogens (tertiary/aromatic N) is 1. The molecule has 104 valence electrons. The van der Waals surface area contributed by atoms with Crippen molar-refractivity contribution in [1.82, 2.24) is 10.2 Å². The third-order valence-corrected chi connectivity index (χ3v) is 3.77. The molecule has 0 unspecified atom stereocenters. The van der Waals surface area contributed by atoms with Crippen LogP contribution in [0.1, 0.15) is 18.4 Å². The van der Waals surface area contributed by atoms with Crippen LogP contribution in [-0.4, -0.2) is 37.1 Å². The van der Waals surface area contributed by atoms with Crippen molar-refractivity contribution in [1.29, 1.82) is 0 Å². The van der Waals surface area contributed by atoms with Crippen LogP contribution in [0.25, 0.3) is 0 Å². The van der Waals surface area contributed by atoms with Crippen molar-refractivity contribution in [3.05, 3.63) is 48.3 Å². The minimum Gasteiger partial charge on any atom is -0.310 e. The van der Waals surface area contributed by atoms with Crippen LogP contribution >= 0.6 is 0 Å². The molecule has 1 heterocycles. The van der Waals surface area contributed by atoms with Gasteiger partial charge in [-0.25, -0.2) is 4.39 Å². The Morgan fingerprint density at radius 1 is 1.26 bits per heavy atom. The average Bonchev–Trinajstić information content (AvgIpc) is 2.46. The van der Waals surface area contributed by atoms with Gasteiger partial charge in [-0.15, -0.1) is 6.58 Å². The summed E-state index contributed by atoms with van der Waals surface area (Å²) in [6, 6.07) is 7.49. The number of likely N-dealkylation sites (tertiary alicyclic amines) is 1. The van der Waals surface area contributed by atoms with Crippen LogP contribution in [0.4, 0.5) is 4.39 Å². The molecule has 0 atom stereocenters. The molecular formula is C16H23FN2. The van der Waals surface area contributed by atoms with E-state index in [0.717, 1.165) is 32.6 Å². The molecule has 0 radical (unpaired) electrons. The lowest BCUT2D eigenvalue weighted by Gasteiger charge is -2.32. The summed E-state index contributed by atoms with van der Waals surface area (Å²) in [5.41, 5.74) is 1.22. The van der Waals surface area contributed by atoms with Crippen LogP contribution in [0.2, 0.25) is 0 Å². The van der Waals surface area contributed by atoms with Crippen molar-refractivity contribution >= 4 is 0 Å². The van der Waals surface area contributed by atoms with Gasteiger partial charge in [0, 0.05) is 19.1 Å². The summed E-state index contributed by atoms with van der Waals surface area (Å²) < 4.78 is 12.8. The Balaban J connectivity index is 1.68. The lowest BCUT2D eigenvalue weighted by Crippen LogP contribution is -2.43. The zero-order valence-electron chi connectivity index (χ0n) is 11.4. The Morgan fingerprint density at radius 2 is 1.95 bits per heavy atom. The largest absolute Gasteiger partial charge is 0.310 e. The molecule has 0 aromatic heterocycles. The van der Waals surface area contributed by atoms with Gasteiger partial charge in [0.05, 0.1) is 0 Å². The molecule has 1 N–H and O–H groups in total. The number of nitrogens with one attached hydrogen (secondary N) is 1. The predicted octanol–water partition coefficient (Wildman–Crippen LogP) is 2.61. The van der Waals surface area contributed by atoms with Gasteiger partial charge in [-0.3, -0.25) is 0 Å². The molecule has 1 aromatic rings. The van der Waals surface area contributed by atoms with Crippen LogP contribution in [0, 0.1) is 5.82 Å². The first-order valence-corrected chi connectivity index (χ1v) is 7.09. The highest BCUT2D eigenvalue weighted by Gasteiger charge is 2.17. The Bertz CT molecular complexity index is 380. The molecule has 3 heteroatoms. The number of piperidine rings is 1. The summed E-state index contributed by atoms with van der Waals surface area (Å²) in [6.45, 7) is 8.00. The maximum atomic E-state index is 12.8. The number of hydrogen-bond donors (Lipinski definition) is 1. The van der Waals surface area contributed by atoms with Gasteiger partial charge in [0.1, 0.15) is 5.82 Å². The summed E-state index contributed by atoms with van der Waals surface area (Å²) in [7, 11) is 0. The molecule has 0 amide bonds. The third kappa shape index (κ3) is 4.77. The van der Waals surface area contributed by atoms with Crippen molar-refractivity contribution < 1.29 is 4.39 Å². The summed E-state index contributed by atoms with van der Waals surface area (Å²) in [5, 5.41) is 3.49. The molecule has 1 fully saturated rings. The van der Waals surface area contributed by atoms with E-state index < -0.39 is 0 Å². The third-order valence-electron chi connectivity index (χ3n) is 3.77. The smallest absolute Gasteiger partial charge is 0.123 e. The van der Waals surface area contributed by atoms with Gasteiger partial charge in [-0.05, 0) is 50.0 Å². The zero-order chi connectivity index (χ0) is 13.5. The van der Waals surface area contributed by atoms with E-state index in [9.17, 15) is 4.39 Å². The van der Waals surface area contributed by atoms with Crippen molar-refractivity contribution in [2.45, 2.75) is 25.3 Å². The van der Waals surface area contributed by atoms with Gasteiger partial charge in [0.2, 0.25) is 0 Å². The van der Waals surface area contributed by atoms with Crippen LogP contribution in [-0.2, 0) is 6.42 Å². The molecule has 1 aliphatic rings. The summed E-state index contributed by atoms with van der Waals surface area (Å²) in [5.74, 6) is -0.155. The van der Waals surface area contributed by atoms with Crippen molar-refractivity contribution in [3.63, 3.8) is 0 Å². The van der Waals surface area contributed by atoms with Gasteiger partial charge in [-0.2, -0.15) is 0 Å². The van der Waals surface area contributed by atoms with Crippen LogP contribution in [0.5, 0.6) is 0 Å². The van der Waals surface area contributed by atoms with E-state index in [0.29, 0.717) is 6.04 Å². The van der Waals surface area contributed by atoms with Crippen molar-refractivity contribution in [3.8, 4) is 0 Å². The highest BCUT2D eigenvalue weighted by molar-refractivity contribution is 5.16. The quantitative estimate of drug-likeness (QED) is 0.793. The van der Waals surface area contributed by atoms with Crippen LogP contribution in [0.3, 0.4) is 0 Å². The lowest BCUT2D eigenvalue weighted by atomic mass is 10.0. The topological polar surface area (TPSA) is 15.3 Å². The molecule has 2 rings (SSSR count). The first kappa shape index (κ1) is 14.2. The van der Waals surface area contributed by atoms with E-state index in [1.54, 1.807) is 12.1 Å². The maximum Gasteiger partial charge on any atom is 0.123 e. The lowest BCUT2D eigenvalue weighted by molar-refractivity contribution is 0.202. The molecule has 0 saturated carbocycles. The van der Waals surface area contributed by atoms with Gasteiger partial charge in [0.25, 0.3) is 0 Å². The Kier molecular flexibility index (Phi) is 5.55. The highest BCUT2D eigenvalue weighted by atomic mass is 19.1. The van der Waals surface area contributed by atoms with E-state index in [2.05, 4.69) is 16.8 Å². The van der Waals surface area contributed by atoms with Gasteiger partial charge < -0.3 is 10.2 Å². The number of rotatable bonds is 6. The molecule has 1 aromatic carbocycles. The normalized spacial score (nSPS) is 17.5. The molecule has 0 aliphatic carbocycles. The second kappa shape index (κ2) is 7.41. The second-order valence-corrected chi connectivity index (χ2v) is 5.19. The van der Waals surface area contributed by atoms with E-state index in [4.69, 9.17) is 0 Å².